The van der Waals surface area contributed by atoms with Crippen LogP contribution in [0.3, 0.4) is 0 Å². The van der Waals surface area contributed by atoms with Gasteiger partial charge in [0.25, 0.3) is 0 Å². The normalized spacial score (nSPS) is 17.9. The second kappa shape index (κ2) is 14.7. The summed E-state index contributed by atoms with van der Waals surface area (Å²) in [4.78, 5) is 16.0. The van der Waals surface area contributed by atoms with Crippen LogP contribution in [0.5, 0.6) is 0 Å². The highest BCUT2D eigenvalue weighted by Gasteiger charge is 2.34. The molecular formula is C60H41N3O2S. The number of hydrogen-bond donors (Lipinski definition) is 0. The van der Waals surface area contributed by atoms with E-state index in [0.29, 0.717) is 29.3 Å². The number of para-hydroxylation sites is 2. The molecule has 314 valence electrons. The fourth-order valence-corrected chi connectivity index (χ4v) is 12.3. The summed E-state index contributed by atoms with van der Waals surface area (Å²) in [5, 5.41) is 6.79. The zero-order valence-electron chi connectivity index (χ0n) is 36.2. The van der Waals surface area contributed by atoms with Gasteiger partial charge in [0, 0.05) is 64.5 Å². The van der Waals surface area contributed by atoms with Crippen molar-refractivity contribution < 1.29 is 8.83 Å². The molecule has 0 fully saturated rings. The summed E-state index contributed by atoms with van der Waals surface area (Å²) in [7, 11) is 0. The smallest absolute Gasteiger partial charge is 0.164 e. The molecule has 3 aliphatic carbocycles. The molecule has 6 heteroatoms. The van der Waals surface area contributed by atoms with Crippen LogP contribution < -0.4 is 10.6 Å². The minimum atomic E-state index is -0.108. The number of rotatable bonds is 5. The van der Waals surface area contributed by atoms with Gasteiger partial charge < -0.3 is 8.83 Å². The zero-order chi connectivity index (χ0) is 43.5. The summed E-state index contributed by atoms with van der Waals surface area (Å²) in [5.41, 5.74) is 14.9. The third-order valence-electron chi connectivity index (χ3n) is 14.4. The highest BCUT2D eigenvalue weighted by molar-refractivity contribution is 7.26. The minimum Gasteiger partial charge on any atom is -0.456 e. The molecule has 14 rings (SSSR count). The van der Waals surface area contributed by atoms with Gasteiger partial charge in [-0.2, -0.15) is 0 Å². The van der Waals surface area contributed by atoms with Gasteiger partial charge in [-0.3, -0.25) is 0 Å². The fourth-order valence-electron chi connectivity index (χ4n) is 11.2. The molecule has 0 saturated heterocycles. The summed E-state index contributed by atoms with van der Waals surface area (Å²) in [6, 6.07) is 54.5. The van der Waals surface area contributed by atoms with Crippen molar-refractivity contribution in [3.05, 3.63) is 203 Å². The van der Waals surface area contributed by atoms with E-state index in [4.69, 9.17) is 23.8 Å². The lowest BCUT2D eigenvalue weighted by Crippen LogP contribution is -2.25. The number of benzene rings is 7. The summed E-state index contributed by atoms with van der Waals surface area (Å²) < 4.78 is 15.2. The zero-order valence-corrected chi connectivity index (χ0v) is 37.0. The number of allylic oxidation sites excluding steroid dienone is 4. The van der Waals surface area contributed by atoms with Crippen LogP contribution in [0, 0.1) is 0 Å². The SMILES string of the molecule is CC1c2ccc(-c3ccc4sc5cccc(-c6nc(-c7ccc8c(c7)oc7ccccc78)nc(C7C=c8oc9ccccc9c8=CC7)n6)c5c4c3)cc2C2=C(C=CCC2)C1c1ccccc1. The standard InChI is InChI=1S/C60H41N3O2S/c1-34-40-26-22-36(30-48(40)41-14-5-6-17-46(41)56(34)35-12-3-2-4-13-35)37-25-29-54-49(31-37)57-47(18-11-21-55(57)66-54)60-62-58(38-23-27-44-42-15-7-9-19-50(42)64-52(44)32-38)61-59(63-60)39-24-28-45-43-16-8-10-20-51(43)65-53(45)33-39/h2-4,6-13,15-23,25-34,39,56H,5,14,24H2,1H3. The van der Waals surface area contributed by atoms with Crippen molar-refractivity contribution in [2.75, 3.05) is 0 Å². The van der Waals surface area contributed by atoms with Gasteiger partial charge in [0.2, 0.25) is 0 Å². The van der Waals surface area contributed by atoms with Gasteiger partial charge in [-0.05, 0) is 119 Å². The van der Waals surface area contributed by atoms with E-state index in [2.05, 4.69) is 159 Å². The molecule has 0 spiro atoms. The van der Waals surface area contributed by atoms with Gasteiger partial charge in [-0.1, -0.05) is 128 Å². The van der Waals surface area contributed by atoms with Crippen molar-refractivity contribution >= 4 is 82.1 Å². The molecule has 3 aliphatic rings. The molecule has 4 heterocycles. The molecule has 66 heavy (non-hydrogen) atoms. The molecule has 0 saturated carbocycles. The Labute approximate surface area is 384 Å². The van der Waals surface area contributed by atoms with Crippen LogP contribution in [0.1, 0.15) is 66.5 Å². The predicted molar refractivity (Wildman–Crippen MR) is 271 cm³/mol. The topological polar surface area (TPSA) is 65.0 Å². The molecule has 0 N–H and O–H groups in total. The fraction of sp³-hybridized carbons (Fsp3) is 0.117. The molecule has 3 atom stereocenters. The molecular weight excluding hydrogens is 827 g/mol. The first kappa shape index (κ1) is 37.7. The Bertz CT molecular complexity index is 4020. The van der Waals surface area contributed by atoms with E-state index in [-0.39, 0.29) is 5.92 Å². The first-order valence-corrected chi connectivity index (χ1v) is 23.8. The van der Waals surface area contributed by atoms with Crippen molar-refractivity contribution in [3.8, 4) is 33.9 Å². The van der Waals surface area contributed by atoms with E-state index >= 15 is 0 Å². The quantitative estimate of drug-likeness (QED) is 0.172. The summed E-state index contributed by atoms with van der Waals surface area (Å²) in [6.07, 6.45) is 12.1. The van der Waals surface area contributed by atoms with E-state index in [9.17, 15) is 0 Å². The first-order valence-electron chi connectivity index (χ1n) is 23.0. The van der Waals surface area contributed by atoms with Crippen molar-refractivity contribution in [1.29, 1.82) is 0 Å². The summed E-state index contributed by atoms with van der Waals surface area (Å²) in [6.45, 7) is 2.41. The molecule has 4 aromatic heterocycles. The number of fused-ring (bicyclic) bond motifs is 11. The maximum atomic E-state index is 6.40. The number of thiophene rings is 1. The number of aromatic nitrogens is 3. The van der Waals surface area contributed by atoms with Crippen LogP contribution in [-0.4, -0.2) is 15.0 Å². The first-order chi connectivity index (χ1) is 32.6. The minimum absolute atomic E-state index is 0.108. The monoisotopic (exact) mass is 867 g/mol. The third kappa shape index (κ3) is 5.87. The number of furan rings is 2. The number of hydrogen-bond acceptors (Lipinski definition) is 6. The van der Waals surface area contributed by atoms with E-state index in [0.717, 1.165) is 79.3 Å². The molecule has 5 nitrogen and oxygen atoms in total. The Morgan fingerprint density at radius 2 is 1.36 bits per heavy atom. The second-order valence-corrected chi connectivity index (χ2v) is 19.2. The maximum absolute atomic E-state index is 6.40. The Kier molecular flexibility index (Phi) is 8.38. The van der Waals surface area contributed by atoms with Gasteiger partial charge in [-0.25, -0.2) is 15.0 Å². The lowest BCUT2D eigenvalue weighted by molar-refractivity contribution is 0.568. The lowest BCUT2D eigenvalue weighted by Gasteiger charge is -2.37. The van der Waals surface area contributed by atoms with Crippen LogP contribution in [0.2, 0.25) is 0 Å². The molecule has 7 aromatic carbocycles. The summed E-state index contributed by atoms with van der Waals surface area (Å²) in [5.74, 6) is 2.59. The van der Waals surface area contributed by atoms with Crippen LogP contribution in [0.4, 0.5) is 0 Å². The highest BCUT2D eigenvalue weighted by Crippen LogP contribution is 2.52. The Morgan fingerprint density at radius 3 is 2.27 bits per heavy atom. The molecule has 0 radical (unpaired) electrons. The molecule has 11 aromatic rings. The molecule has 0 bridgehead atoms. The van der Waals surface area contributed by atoms with Gasteiger partial charge in [-0.15, -0.1) is 11.3 Å². The van der Waals surface area contributed by atoms with Crippen LogP contribution in [-0.2, 0) is 0 Å². The van der Waals surface area contributed by atoms with Crippen LogP contribution in [0.15, 0.2) is 178 Å². The second-order valence-electron chi connectivity index (χ2n) is 18.1. The van der Waals surface area contributed by atoms with Crippen molar-refractivity contribution in [1.82, 2.24) is 15.0 Å². The van der Waals surface area contributed by atoms with Gasteiger partial charge in [0.1, 0.15) is 28.0 Å². The van der Waals surface area contributed by atoms with Crippen LogP contribution >= 0.6 is 11.3 Å². The lowest BCUT2D eigenvalue weighted by atomic mass is 9.67. The van der Waals surface area contributed by atoms with E-state index in [1.165, 1.54) is 53.7 Å². The van der Waals surface area contributed by atoms with E-state index < -0.39 is 0 Å². The summed E-state index contributed by atoms with van der Waals surface area (Å²) >= 11 is 1.82. The largest absolute Gasteiger partial charge is 0.456 e. The maximum Gasteiger partial charge on any atom is 0.164 e. The van der Waals surface area contributed by atoms with E-state index in [1.807, 2.05) is 35.6 Å². The van der Waals surface area contributed by atoms with Gasteiger partial charge in [0.05, 0.1) is 0 Å². The average molecular weight is 868 g/mol. The Balaban J connectivity index is 0.921. The van der Waals surface area contributed by atoms with Crippen molar-refractivity contribution in [2.45, 2.75) is 43.9 Å². The predicted octanol–water partition coefficient (Wildman–Crippen LogP) is 14.6. The van der Waals surface area contributed by atoms with Crippen molar-refractivity contribution in [2.24, 2.45) is 0 Å². The third-order valence-corrected chi connectivity index (χ3v) is 15.5. The Morgan fingerprint density at radius 1 is 0.591 bits per heavy atom. The molecule has 0 aliphatic heterocycles. The average Bonchev–Trinajstić information content (AvgIpc) is 4.07. The van der Waals surface area contributed by atoms with Gasteiger partial charge >= 0.3 is 0 Å². The van der Waals surface area contributed by atoms with Crippen molar-refractivity contribution in [3.63, 3.8) is 0 Å². The highest BCUT2D eigenvalue weighted by atomic mass is 32.1. The number of nitrogens with zero attached hydrogens (tertiary/aromatic N) is 3. The molecule has 3 unspecified atom stereocenters. The Hall–Kier alpha value is -7.67. The van der Waals surface area contributed by atoms with Crippen LogP contribution in [0.25, 0.3) is 105 Å². The van der Waals surface area contributed by atoms with Gasteiger partial charge in [0.15, 0.2) is 11.6 Å². The van der Waals surface area contributed by atoms with E-state index in [1.54, 1.807) is 0 Å². The molecule has 0 amide bonds.